The van der Waals surface area contributed by atoms with Crippen LogP contribution in [-0.4, -0.2) is 17.1 Å². The third-order valence-electron chi connectivity index (χ3n) is 0.817. The molecule has 0 atom stereocenters. The molecule has 0 saturated carbocycles. The molecule has 0 aliphatic heterocycles. The molecule has 0 unspecified atom stereocenters. The first-order valence-corrected chi connectivity index (χ1v) is 2.83. The van der Waals surface area contributed by atoms with Crippen LogP contribution in [0.1, 0.15) is 13.8 Å². The van der Waals surface area contributed by atoms with E-state index < -0.39 is 6.09 Å². The van der Waals surface area contributed by atoms with Gasteiger partial charge in [0.05, 0.1) is 0 Å². The van der Waals surface area contributed by atoms with Gasteiger partial charge in [-0.25, -0.2) is 10.2 Å². The highest BCUT2D eigenvalue weighted by Gasteiger charge is 2.05. The zero-order valence-corrected chi connectivity index (χ0v) is 5.84. The molecule has 0 bridgehead atoms. The molecule has 0 radical (unpaired) electrons. The minimum Gasteiger partial charge on any atom is -0.464 e. The van der Waals surface area contributed by atoms with E-state index in [9.17, 15) is 9.59 Å². The van der Waals surface area contributed by atoms with Gasteiger partial charge in [0.1, 0.15) is 0 Å². The van der Waals surface area contributed by atoms with Crippen molar-refractivity contribution in [1.29, 1.82) is 0 Å². The summed E-state index contributed by atoms with van der Waals surface area (Å²) in [5.74, 6) is -0.561. The van der Waals surface area contributed by atoms with Gasteiger partial charge in [-0.2, -0.15) is 0 Å². The summed E-state index contributed by atoms with van der Waals surface area (Å²) in [6.07, 6.45) is -1.27. The molecule has 2 amide bonds. The van der Waals surface area contributed by atoms with Gasteiger partial charge >= 0.3 is 6.09 Å². The Morgan fingerprint density at radius 2 is 1.80 bits per heavy atom. The molecule has 0 rings (SSSR count). The molecule has 0 aliphatic rings. The SMILES string of the molecule is CC(C)C(=O)NNC(=O)O. The van der Waals surface area contributed by atoms with Crippen LogP contribution in [0.3, 0.4) is 0 Å². The Labute approximate surface area is 58.4 Å². The summed E-state index contributed by atoms with van der Waals surface area (Å²) >= 11 is 0. The second-order valence-corrected chi connectivity index (χ2v) is 2.07. The zero-order valence-electron chi connectivity index (χ0n) is 5.84. The average molecular weight is 146 g/mol. The molecule has 0 spiro atoms. The number of carboxylic acid groups (broad SMARTS) is 1. The van der Waals surface area contributed by atoms with E-state index in [2.05, 4.69) is 0 Å². The van der Waals surface area contributed by atoms with Crippen molar-refractivity contribution in [3.05, 3.63) is 0 Å². The van der Waals surface area contributed by atoms with Crippen LogP contribution in [0.15, 0.2) is 0 Å². The number of carbonyl (C=O) groups excluding carboxylic acids is 1. The minimum absolute atomic E-state index is 0.216. The van der Waals surface area contributed by atoms with Crippen molar-refractivity contribution in [2.75, 3.05) is 0 Å². The van der Waals surface area contributed by atoms with Gasteiger partial charge in [-0.1, -0.05) is 13.8 Å². The van der Waals surface area contributed by atoms with Gasteiger partial charge in [0.25, 0.3) is 0 Å². The monoisotopic (exact) mass is 146 g/mol. The smallest absolute Gasteiger partial charge is 0.423 e. The van der Waals surface area contributed by atoms with E-state index in [0.717, 1.165) is 0 Å². The molecular formula is C5H10N2O3. The number of hydrogen-bond acceptors (Lipinski definition) is 2. The maximum atomic E-state index is 10.6. The first-order valence-electron chi connectivity index (χ1n) is 2.83. The van der Waals surface area contributed by atoms with Crippen LogP contribution >= 0.6 is 0 Å². The molecule has 0 aliphatic carbocycles. The van der Waals surface area contributed by atoms with E-state index in [1.807, 2.05) is 5.43 Å². The molecule has 10 heavy (non-hydrogen) atoms. The zero-order chi connectivity index (χ0) is 8.15. The van der Waals surface area contributed by atoms with Crippen LogP contribution in [0.5, 0.6) is 0 Å². The summed E-state index contributed by atoms with van der Waals surface area (Å²) < 4.78 is 0. The molecule has 0 aromatic carbocycles. The van der Waals surface area contributed by atoms with Crippen molar-refractivity contribution in [3.63, 3.8) is 0 Å². The Bertz CT molecular complexity index is 144. The predicted molar refractivity (Wildman–Crippen MR) is 34.1 cm³/mol. The van der Waals surface area contributed by atoms with Gasteiger partial charge in [0.2, 0.25) is 5.91 Å². The molecule has 5 heteroatoms. The standard InChI is InChI=1S/C5H10N2O3/c1-3(2)4(8)6-7-5(9)10/h3,7H,1-2H3,(H,6,8)(H,9,10). The van der Waals surface area contributed by atoms with Gasteiger partial charge < -0.3 is 5.11 Å². The summed E-state index contributed by atoms with van der Waals surface area (Å²) in [6.45, 7) is 3.33. The second-order valence-electron chi connectivity index (χ2n) is 2.07. The van der Waals surface area contributed by atoms with Crippen molar-refractivity contribution in [2.24, 2.45) is 5.92 Å². The van der Waals surface area contributed by atoms with Crippen molar-refractivity contribution in [1.82, 2.24) is 10.9 Å². The summed E-state index contributed by atoms with van der Waals surface area (Å²) in [5.41, 5.74) is 3.74. The molecule has 3 N–H and O–H groups in total. The summed E-state index contributed by atoms with van der Waals surface area (Å²) in [5, 5.41) is 8.02. The minimum atomic E-state index is -1.27. The van der Waals surface area contributed by atoms with Crippen LogP contribution in [0, 0.1) is 5.92 Å². The van der Waals surface area contributed by atoms with Gasteiger partial charge in [-0.05, 0) is 0 Å². The lowest BCUT2D eigenvalue weighted by Gasteiger charge is -2.05. The van der Waals surface area contributed by atoms with Crippen LogP contribution in [0.25, 0.3) is 0 Å². The van der Waals surface area contributed by atoms with E-state index >= 15 is 0 Å². The van der Waals surface area contributed by atoms with Gasteiger partial charge in [0.15, 0.2) is 0 Å². The summed E-state index contributed by atoms with van der Waals surface area (Å²) in [7, 11) is 0. The van der Waals surface area contributed by atoms with Crippen LogP contribution < -0.4 is 10.9 Å². The van der Waals surface area contributed by atoms with Crippen LogP contribution in [0.4, 0.5) is 4.79 Å². The second kappa shape index (κ2) is 3.71. The Kier molecular flexibility index (Phi) is 3.24. The van der Waals surface area contributed by atoms with E-state index in [4.69, 9.17) is 5.11 Å². The van der Waals surface area contributed by atoms with E-state index in [1.165, 1.54) is 0 Å². The normalized spacial score (nSPS) is 9.10. The first kappa shape index (κ1) is 8.74. The fourth-order valence-electron chi connectivity index (χ4n) is 0.259. The summed E-state index contributed by atoms with van der Waals surface area (Å²) in [6, 6.07) is 0. The van der Waals surface area contributed by atoms with Crippen molar-refractivity contribution in [2.45, 2.75) is 13.8 Å². The van der Waals surface area contributed by atoms with Crippen molar-refractivity contribution >= 4 is 12.0 Å². The van der Waals surface area contributed by atoms with Gasteiger partial charge in [-0.3, -0.25) is 10.2 Å². The predicted octanol–water partition coefficient (Wildman–Crippen LogP) is -0.0588. The molecule has 0 aromatic rings. The lowest BCUT2D eigenvalue weighted by Crippen LogP contribution is -2.42. The molecule has 58 valence electrons. The number of hydrogen-bond donors (Lipinski definition) is 3. The third kappa shape index (κ3) is 3.71. The van der Waals surface area contributed by atoms with E-state index in [-0.39, 0.29) is 11.8 Å². The number of hydrazine groups is 1. The van der Waals surface area contributed by atoms with Gasteiger partial charge in [-0.15, -0.1) is 0 Å². The summed E-state index contributed by atoms with van der Waals surface area (Å²) in [4.78, 5) is 20.4. The molecule has 0 saturated heterocycles. The molecule has 0 fully saturated rings. The van der Waals surface area contributed by atoms with Crippen LogP contribution in [0.2, 0.25) is 0 Å². The maximum Gasteiger partial charge on any atom is 0.423 e. The van der Waals surface area contributed by atoms with Crippen molar-refractivity contribution in [3.8, 4) is 0 Å². The maximum absolute atomic E-state index is 10.6. The Morgan fingerprint density at radius 3 is 2.10 bits per heavy atom. The average Bonchev–Trinajstić information content (AvgIpc) is 1.82. The molecule has 0 aromatic heterocycles. The molecule has 5 nitrogen and oxygen atoms in total. The third-order valence-corrected chi connectivity index (χ3v) is 0.817. The highest BCUT2D eigenvalue weighted by molar-refractivity contribution is 5.79. The lowest BCUT2D eigenvalue weighted by atomic mass is 10.2. The fraction of sp³-hybridized carbons (Fsp3) is 0.600. The number of nitrogens with one attached hydrogen (secondary N) is 2. The van der Waals surface area contributed by atoms with Crippen LogP contribution in [-0.2, 0) is 4.79 Å². The first-order chi connectivity index (χ1) is 4.54. The number of amides is 2. The van der Waals surface area contributed by atoms with Crippen molar-refractivity contribution < 1.29 is 14.7 Å². The fourth-order valence-corrected chi connectivity index (χ4v) is 0.259. The van der Waals surface area contributed by atoms with Gasteiger partial charge in [0, 0.05) is 5.92 Å². The van der Waals surface area contributed by atoms with E-state index in [1.54, 1.807) is 19.3 Å². The van der Waals surface area contributed by atoms with E-state index in [0.29, 0.717) is 0 Å². The Morgan fingerprint density at radius 1 is 1.30 bits per heavy atom. The number of carbonyl (C=O) groups is 2. The number of rotatable bonds is 1. The quantitative estimate of drug-likeness (QED) is 0.453. The highest BCUT2D eigenvalue weighted by Crippen LogP contribution is 1.87. The molecular weight excluding hydrogens is 136 g/mol. The Balaban J connectivity index is 3.50. The Hall–Kier alpha value is -1.26. The highest BCUT2D eigenvalue weighted by atomic mass is 16.4. The largest absolute Gasteiger partial charge is 0.464 e. The molecule has 0 heterocycles. The topological polar surface area (TPSA) is 78.4 Å². The lowest BCUT2D eigenvalue weighted by molar-refractivity contribution is -0.124.